The second-order valence-electron chi connectivity index (χ2n) is 5.99. The van der Waals surface area contributed by atoms with E-state index in [9.17, 15) is 9.59 Å². The number of carbonyl (C=O) groups is 2. The van der Waals surface area contributed by atoms with Gasteiger partial charge in [-0.15, -0.1) is 0 Å². The molecule has 132 valence electrons. The van der Waals surface area contributed by atoms with Gasteiger partial charge in [-0.1, -0.05) is 76.2 Å². The molecule has 1 atom stereocenters. The molecule has 0 bridgehead atoms. The lowest BCUT2D eigenvalue weighted by molar-refractivity contribution is -0.148. The molecule has 0 aromatic carbocycles. The van der Waals surface area contributed by atoms with Crippen LogP contribution < -0.4 is 0 Å². The second kappa shape index (κ2) is 15.3. The SMILES string of the molecule is CCCCCCCCCC/C=C/C=C/CC(CC(=O)O)C(=O)O. The van der Waals surface area contributed by atoms with Gasteiger partial charge in [0.2, 0.25) is 0 Å². The Morgan fingerprint density at radius 2 is 1.43 bits per heavy atom. The quantitative estimate of drug-likeness (QED) is 0.321. The van der Waals surface area contributed by atoms with E-state index in [1.54, 1.807) is 6.08 Å². The molecule has 2 N–H and O–H groups in total. The van der Waals surface area contributed by atoms with Crippen molar-refractivity contribution in [3.05, 3.63) is 24.3 Å². The fourth-order valence-corrected chi connectivity index (χ4v) is 2.37. The van der Waals surface area contributed by atoms with Crippen LogP contribution in [0.5, 0.6) is 0 Å². The molecule has 1 unspecified atom stereocenters. The molecule has 0 aromatic rings. The molecular weight excluding hydrogens is 292 g/mol. The van der Waals surface area contributed by atoms with E-state index in [0.29, 0.717) is 0 Å². The highest BCUT2D eigenvalue weighted by Crippen LogP contribution is 2.11. The van der Waals surface area contributed by atoms with E-state index < -0.39 is 17.9 Å². The van der Waals surface area contributed by atoms with E-state index in [1.807, 2.05) is 12.2 Å². The molecule has 0 radical (unpaired) electrons. The third-order valence-electron chi connectivity index (χ3n) is 3.80. The minimum absolute atomic E-state index is 0.254. The van der Waals surface area contributed by atoms with Crippen molar-refractivity contribution in [2.24, 2.45) is 5.92 Å². The first-order chi connectivity index (χ1) is 11.1. The van der Waals surface area contributed by atoms with Crippen LogP contribution in [0.25, 0.3) is 0 Å². The molecule has 0 rings (SSSR count). The van der Waals surface area contributed by atoms with E-state index in [0.717, 1.165) is 6.42 Å². The molecule has 4 heteroatoms. The fraction of sp³-hybridized carbons (Fsp3) is 0.684. The lowest BCUT2D eigenvalue weighted by atomic mass is 10.0. The number of carboxylic acids is 2. The van der Waals surface area contributed by atoms with Gasteiger partial charge in [0.05, 0.1) is 12.3 Å². The monoisotopic (exact) mass is 324 g/mol. The molecule has 0 fully saturated rings. The van der Waals surface area contributed by atoms with Crippen LogP contribution in [0.1, 0.15) is 77.6 Å². The van der Waals surface area contributed by atoms with Gasteiger partial charge in [-0.05, 0) is 19.3 Å². The second-order valence-corrected chi connectivity index (χ2v) is 5.99. The van der Waals surface area contributed by atoms with Crippen LogP contribution in [0.4, 0.5) is 0 Å². The standard InChI is InChI=1S/C19H32O4/c1-2-3-4-5-6-7-8-9-10-11-12-13-14-15-17(19(22)23)16-18(20)21/h11-14,17H,2-10,15-16H2,1H3,(H,20,21)(H,22,23)/b12-11+,14-13+. The molecule has 4 nitrogen and oxygen atoms in total. The molecule has 0 spiro atoms. The largest absolute Gasteiger partial charge is 0.481 e. The average molecular weight is 324 g/mol. The minimum atomic E-state index is -1.07. The van der Waals surface area contributed by atoms with Gasteiger partial charge >= 0.3 is 11.9 Å². The first kappa shape index (κ1) is 21.4. The first-order valence-electron chi connectivity index (χ1n) is 8.84. The summed E-state index contributed by atoms with van der Waals surface area (Å²) in [5, 5.41) is 17.5. The van der Waals surface area contributed by atoms with Gasteiger partial charge in [0.15, 0.2) is 0 Å². The van der Waals surface area contributed by atoms with Crippen molar-refractivity contribution in [3.63, 3.8) is 0 Å². The summed E-state index contributed by atoms with van der Waals surface area (Å²) < 4.78 is 0. The summed E-state index contributed by atoms with van der Waals surface area (Å²) in [6.07, 6.45) is 19.0. The summed E-state index contributed by atoms with van der Waals surface area (Å²) in [4.78, 5) is 21.4. The number of aliphatic carboxylic acids is 2. The Morgan fingerprint density at radius 1 is 0.870 bits per heavy atom. The lowest BCUT2D eigenvalue weighted by Gasteiger charge is -2.05. The van der Waals surface area contributed by atoms with Crippen molar-refractivity contribution < 1.29 is 19.8 Å². The maximum Gasteiger partial charge on any atom is 0.307 e. The van der Waals surface area contributed by atoms with Crippen molar-refractivity contribution >= 4 is 11.9 Å². The molecule has 0 aromatic heterocycles. The van der Waals surface area contributed by atoms with Crippen LogP contribution in [0.3, 0.4) is 0 Å². The molecule has 0 saturated heterocycles. The minimum Gasteiger partial charge on any atom is -0.481 e. The molecule has 23 heavy (non-hydrogen) atoms. The van der Waals surface area contributed by atoms with Gasteiger partial charge in [-0.3, -0.25) is 9.59 Å². The van der Waals surface area contributed by atoms with Crippen LogP contribution in [0.2, 0.25) is 0 Å². The summed E-state index contributed by atoms with van der Waals surface area (Å²) in [6.45, 7) is 2.23. The Bertz CT molecular complexity index is 372. The van der Waals surface area contributed by atoms with Gasteiger partial charge in [0.1, 0.15) is 0 Å². The first-order valence-corrected chi connectivity index (χ1v) is 8.84. The molecule has 0 aliphatic carbocycles. The van der Waals surface area contributed by atoms with Crippen molar-refractivity contribution in [3.8, 4) is 0 Å². The van der Waals surface area contributed by atoms with Gasteiger partial charge in [-0.2, -0.15) is 0 Å². The van der Waals surface area contributed by atoms with Crippen LogP contribution in [-0.4, -0.2) is 22.2 Å². The van der Waals surface area contributed by atoms with E-state index in [1.165, 1.54) is 51.4 Å². The predicted octanol–water partition coefficient (Wildman–Crippen LogP) is 5.20. The molecule has 0 saturated carbocycles. The summed E-state index contributed by atoms with van der Waals surface area (Å²) >= 11 is 0. The van der Waals surface area contributed by atoms with Crippen LogP contribution in [0, 0.1) is 5.92 Å². The van der Waals surface area contributed by atoms with E-state index in [4.69, 9.17) is 10.2 Å². The average Bonchev–Trinajstić information content (AvgIpc) is 2.50. The summed E-state index contributed by atoms with van der Waals surface area (Å²) in [5.74, 6) is -2.97. The number of unbranched alkanes of at least 4 members (excludes halogenated alkanes) is 8. The summed E-state index contributed by atoms with van der Waals surface area (Å²) in [5.41, 5.74) is 0. The van der Waals surface area contributed by atoms with Crippen LogP contribution in [-0.2, 0) is 9.59 Å². The maximum atomic E-state index is 10.9. The number of hydrogen-bond acceptors (Lipinski definition) is 2. The number of rotatable bonds is 15. The Labute approximate surface area is 140 Å². The topological polar surface area (TPSA) is 74.6 Å². The Kier molecular flexibility index (Phi) is 14.3. The summed E-state index contributed by atoms with van der Waals surface area (Å²) in [7, 11) is 0. The number of allylic oxidation sites excluding steroid dienone is 4. The summed E-state index contributed by atoms with van der Waals surface area (Å²) in [6, 6.07) is 0. The fourth-order valence-electron chi connectivity index (χ4n) is 2.37. The zero-order valence-electron chi connectivity index (χ0n) is 14.4. The maximum absolute atomic E-state index is 10.9. The van der Waals surface area contributed by atoms with Crippen molar-refractivity contribution in [1.29, 1.82) is 0 Å². The predicted molar refractivity (Wildman–Crippen MR) is 93.5 cm³/mol. The van der Waals surface area contributed by atoms with E-state index in [-0.39, 0.29) is 12.8 Å². The Balaban J connectivity index is 3.61. The van der Waals surface area contributed by atoms with Crippen molar-refractivity contribution in [1.82, 2.24) is 0 Å². The molecule has 0 amide bonds. The van der Waals surface area contributed by atoms with Gasteiger partial charge in [0, 0.05) is 0 Å². The number of carboxylic acid groups (broad SMARTS) is 2. The van der Waals surface area contributed by atoms with Gasteiger partial charge < -0.3 is 10.2 Å². The van der Waals surface area contributed by atoms with Gasteiger partial charge in [0.25, 0.3) is 0 Å². The lowest BCUT2D eigenvalue weighted by Crippen LogP contribution is -2.16. The Hall–Kier alpha value is -1.58. The highest BCUT2D eigenvalue weighted by atomic mass is 16.4. The Morgan fingerprint density at radius 3 is 2.00 bits per heavy atom. The molecule has 0 heterocycles. The number of hydrogen-bond donors (Lipinski definition) is 2. The normalized spacial score (nSPS) is 12.9. The third-order valence-corrected chi connectivity index (χ3v) is 3.80. The zero-order chi connectivity index (χ0) is 17.3. The zero-order valence-corrected chi connectivity index (χ0v) is 14.4. The highest BCUT2D eigenvalue weighted by molar-refractivity contribution is 5.77. The van der Waals surface area contributed by atoms with Crippen molar-refractivity contribution in [2.75, 3.05) is 0 Å². The van der Waals surface area contributed by atoms with Crippen LogP contribution in [0.15, 0.2) is 24.3 Å². The van der Waals surface area contributed by atoms with E-state index >= 15 is 0 Å². The van der Waals surface area contributed by atoms with Gasteiger partial charge in [-0.25, -0.2) is 0 Å². The van der Waals surface area contributed by atoms with E-state index in [2.05, 4.69) is 13.0 Å². The van der Waals surface area contributed by atoms with Crippen LogP contribution >= 0.6 is 0 Å². The molecule has 0 aliphatic heterocycles. The smallest absolute Gasteiger partial charge is 0.307 e. The highest BCUT2D eigenvalue weighted by Gasteiger charge is 2.18. The molecular formula is C19H32O4. The molecule has 0 aliphatic rings. The van der Waals surface area contributed by atoms with Crippen molar-refractivity contribution in [2.45, 2.75) is 77.6 Å². The third kappa shape index (κ3) is 15.1.